The fourth-order valence-electron chi connectivity index (χ4n) is 4.59. The standard InChI is InChI=1S/C29H40N6O5S/c1-18(2)13-22(24(36)26-32-11-12-41-26)35(23(25(30)37)15-20-16-31-17-33-20)27(38)21(14-19-9-7-6-8-10-19)34-28(39)40-29(3,4)5/h6-12,16-18,21-24,36H,13-15H2,1-5H3,(H2,30,37)(H,31,33)(H,34,39)/t21-,22-,23-,24+/m0/s1. The second-order valence-corrected chi connectivity index (χ2v) is 12.3. The summed E-state index contributed by atoms with van der Waals surface area (Å²) in [5, 5.41) is 16.4. The first-order chi connectivity index (χ1) is 19.4. The van der Waals surface area contributed by atoms with Crippen molar-refractivity contribution in [1.29, 1.82) is 0 Å². The summed E-state index contributed by atoms with van der Waals surface area (Å²) >= 11 is 1.25. The summed E-state index contributed by atoms with van der Waals surface area (Å²) < 4.78 is 5.48. The van der Waals surface area contributed by atoms with Crippen LogP contribution in [-0.4, -0.2) is 66.6 Å². The molecule has 4 atom stereocenters. The fourth-order valence-corrected chi connectivity index (χ4v) is 5.27. The van der Waals surface area contributed by atoms with Crippen LogP contribution in [0.2, 0.25) is 0 Å². The number of nitrogens with one attached hydrogen (secondary N) is 2. The SMILES string of the molecule is CC(C)C[C@@H]([C@@H](O)c1nccs1)N(C(=O)[C@H](Cc1ccccc1)NC(=O)OC(C)(C)C)[C@@H](Cc1c[nH]cn1)C(N)=O. The van der Waals surface area contributed by atoms with Gasteiger partial charge in [0.05, 0.1) is 18.1 Å². The van der Waals surface area contributed by atoms with Crippen molar-refractivity contribution in [2.24, 2.45) is 11.7 Å². The minimum atomic E-state index is -1.21. The Kier molecular flexibility index (Phi) is 11.0. The highest BCUT2D eigenvalue weighted by Gasteiger charge is 2.42. The van der Waals surface area contributed by atoms with Crippen molar-refractivity contribution in [3.8, 4) is 0 Å². The molecule has 1 aromatic carbocycles. The molecule has 0 aliphatic carbocycles. The normalized spacial score (nSPS) is 14.6. The third-order valence-corrected chi connectivity index (χ3v) is 7.13. The van der Waals surface area contributed by atoms with Gasteiger partial charge in [-0.25, -0.2) is 14.8 Å². The average molecular weight is 585 g/mol. The maximum absolute atomic E-state index is 14.6. The van der Waals surface area contributed by atoms with Gasteiger partial charge in [-0.2, -0.15) is 0 Å². The van der Waals surface area contributed by atoms with E-state index in [2.05, 4.69) is 20.3 Å². The van der Waals surface area contributed by atoms with Gasteiger partial charge in [-0.05, 0) is 38.7 Å². The van der Waals surface area contributed by atoms with E-state index < -0.39 is 47.7 Å². The average Bonchev–Trinajstić information content (AvgIpc) is 3.60. The largest absolute Gasteiger partial charge is 0.444 e. The van der Waals surface area contributed by atoms with Crippen molar-refractivity contribution in [3.05, 3.63) is 70.7 Å². The summed E-state index contributed by atoms with van der Waals surface area (Å²) in [6.45, 7) is 9.09. The molecule has 11 nitrogen and oxygen atoms in total. The molecule has 3 rings (SSSR count). The topological polar surface area (TPSA) is 164 Å². The number of carbonyl (C=O) groups excluding carboxylic acids is 3. The minimum Gasteiger partial charge on any atom is -0.444 e. The lowest BCUT2D eigenvalue weighted by Gasteiger charge is -2.41. The van der Waals surface area contributed by atoms with Gasteiger partial charge in [-0.15, -0.1) is 11.3 Å². The van der Waals surface area contributed by atoms with E-state index in [1.54, 1.807) is 38.5 Å². The highest BCUT2D eigenvalue weighted by molar-refractivity contribution is 7.09. The van der Waals surface area contributed by atoms with E-state index in [1.807, 2.05) is 44.2 Å². The molecule has 3 amide bonds. The number of nitrogens with zero attached hydrogens (tertiary/aromatic N) is 3. The molecule has 0 saturated heterocycles. The molecule has 0 bridgehead atoms. The van der Waals surface area contributed by atoms with E-state index >= 15 is 0 Å². The van der Waals surface area contributed by atoms with Gasteiger partial charge in [0.25, 0.3) is 0 Å². The first-order valence-electron chi connectivity index (χ1n) is 13.6. The summed E-state index contributed by atoms with van der Waals surface area (Å²) in [4.78, 5) is 53.3. The zero-order valence-electron chi connectivity index (χ0n) is 24.1. The van der Waals surface area contributed by atoms with Crippen molar-refractivity contribution < 1.29 is 24.2 Å². The Bertz CT molecular complexity index is 1240. The van der Waals surface area contributed by atoms with E-state index in [9.17, 15) is 19.5 Å². The van der Waals surface area contributed by atoms with Crippen molar-refractivity contribution in [3.63, 3.8) is 0 Å². The molecule has 2 heterocycles. The number of aromatic nitrogens is 3. The zero-order chi connectivity index (χ0) is 30.2. The van der Waals surface area contributed by atoms with Crippen LogP contribution in [0, 0.1) is 5.92 Å². The molecule has 222 valence electrons. The number of H-pyrrole nitrogens is 1. The predicted octanol–water partition coefficient (Wildman–Crippen LogP) is 3.38. The van der Waals surface area contributed by atoms with E-state index in [0.717, 1.165) is 5.56 Å². The molecule has 5 N–H and O–H groups in total. The highest BCUT2D eigenvalue weighted by atomic mass is 32.1. The number of alkyl carbamates (subject to hydrolysis) is 1. The van der Waals surface area contributed by atoms with Gasteiger partial charge in [-0.3, -0.25) is 9.59 Å². The molecule has 41 heavy (non-hydrogen) atoms. The second kappa shape index (κ2) is 14.2. The van der Waals surface area contributed by atoms with Crippen molar-refractivity contribution in [2.45, 2.75) is 83.7 Å². The molecule has 2 aromatic heterocycles. The van der Waals surface area contributed by atoms with E-state index in [1.165, 1.54) is 22.6 Å². The van der Waals surface area contributed by atoms with Gasteiger partial charge >= 0.3 is 6.09 Å². The predicted molar refractivity (Wildman–Crippen MR) is 156 cm³/mol. The summed E-state index contributed by atoms with van der Waals surface area (Å²) in [5.41, 5.74) is 6.43. The maximum atomic E-state index is 14.6. The summed E-state index contributed by atoms with van der Waals surface area (Å²) in [5.74, 6) is -1.33. The second-order valence-electron chi connectivity index (χ2n) is 11.3. The van der Waals surface area contributed by atoms with Crippen molar-refractivity contribution >= 4 is 29.2 Å². The Hall–Kier alpha value is -3.77. The Labute approximate surface area is 244 Å². The number of amides is 3. The first kappa shape index (κ1) is 31.8. The van der Waals surface area contributed by atoms with Crippen LogP contribution in [0.25, 0.3) is 0 Å². The van der Waals surface area contributed by atoms with Crippen LogP contribution in [0.1, 0.15) is 63.4 Å². The minimum absolute atomic E-state index is 0.00819. The quantitative estimate of drug-likeness (QED) is 0.239. The van der Waals surface area contributed by atoms with Crippen LogP contribution in [0.3, 0.4) is 0 Å². The number of thiazole rings is 1. The Morgan fingerprint density at radius 1 is 1.15 bits per heavy atom. The van der Waals surface area contributed by atoms with Crippen LogP contribution in [0.15, 0.2) is 54.4 Å². The smallest absolute Gasteiger partial charge is 0.408 e. The molecule has 0 radical (unpaired) electrons. The number of primary amides is 1. The number of aliphatic hydroxyl groups excluding tert-OH is 1. The van der Waals surface area contributed by atoms with Gasteiger partial charge < -0.3 is 30.8 Å². The molecule has 0 saturated carbocycles. The number of nitrogens with two attached hydrogens (primary N) is 1. The van der Waals surface area contributed by atoms with Crippen molar-refractivity contribution in [2.75, 3.05) is 0 Å². The maximum Gasteiger partial charge on any atom is 0.408 e. The molecule has 0 unspecified atom stereocenters. The number of ether oxygens (including phenoxy) is 1. The van der Waals surface area contributed by atoms with Crippen LogP contribution in [0.4, 0.5) is 4.79 Å². The van der Waals surface area contributed by atoms with Crippen LogP contribution in [-0.2, 0) is 27.2 Å². The van der Waals surface area contributed by atoms with Crippen LogP contribution >= 0.6 is 11.3 Å². The lowest BCUT2D eigenvalue weighted by Crippen LogP contribution is -2.61. The van der Waals surface area contributed by atoms with Gasteiger partial charge in [0, 0.05) is 30.6 Å². The number of aliphatic hydroxyl groups is 1. The summed E-state index contributed by atoms with van der Waals surface area (Å²) in [7, 11) is 0. The van der Waals surface area contributed by atoms with E-state index in [0.29, 0.717) is 17.1 Å². The number of rotatable bonds is 13. The Balaban J connectivity index is 2.12. The monoisotopic (exact) mass is 584 g/mol. The number of aromatic amines is 1. The lowest BCUT2D eigenvalue weighted by molar-refractivity contribution is -0.147. The number of hydrogen-bond donors (Lipinski definition) is 4. The van der Waals surface area contributed by atoms with E-state index in [4.69, 9.17) is 10.5 Å². The molecule has 0 aliphatic heterocycles. The first-order valence-corrected chi connectivity index (χ1v) is 14.4. The van der Waals surface area contributed by atoms with Gasteiger partial charge in [0.15, 0.2) is 0 Å². The third kappa shape index (κ3) is 9.39. The summed E-state index contributed by atoms with van der Waals surface area (Å²) in [6.07, 6.45) is 3.13. The number of hydrogen-bond acceptors (Lipinski definition) is 8. The number of carbonyl (C=O) groups is 3. The van der Waals surface area contributed by atoms with Crippen LogP contribution in [0.5, 0.6) is 0 Å². The van der Waals surface area contributed by atoms with Gasteiger partial charge in [-0.1, -0.05) is 44.2 Å². The third-order valence-electron chi connectivity index (χ3n) is 6.29. The molecular formula is C29H40N6O5S. The fraction of sp³-hybridized carbons (Fsp3) is 0.483. The Morgan fingerprint density at radius 3 is 2.39 bits per heavy atom. The van der Waals surface area contributed by atoms with Crippen LogP contribution < -0.4 is 11.1 Å². The molecule has 0 spiro atoms. The molecule has 3 aromatic rings. The summed E-state index contributed by atoms with van der Waals surface area (Å²) in [6, 6.07) is 6.00. The number of imidazole rings is 1. The van der Waals surface area contributed by atoms with Gasteiger partial charge in [0.1, 0.15) is 28.8 Å². The zero-order valence-corrected chi connectivity index (χ0v) is 24.9. The lowest BCUT2D eigenvalue weighted by atomic mass is 9.93. The molecular weight excluding hydrogens is 544 g/mol. The van der Waals surface area contributed by atoms with E-state index in [-0.39, 0.29) is 18.8 Å². The number of benzene rings is 1. The Morgan fingerprint density at radius 2 is 1.85 bits per heavy atom. The highest BCUT2D eigenvalue weighted by Crippen LogP contribution is 2.31. The molecule has 0 fully saturated rings. The molecule has 0 aliphatic rings. The van der Waals surface area contributed by atoms with Gasteiger partial charge in [0.2, 0.25) is 11.8 Å². The molecule has 12 heteroatoms. The van der Waals surface area contributed by atoms with Crippen molar-refractivity contribution in [1.82, 2.24) is 25.2 Å².